The minimum atomic E-state index is -0.436. The normalized spacial score (nSPS) is 11.0. The summed E-state index contributed by atoms with van der Waals surface area (Å²) in [6, 6.07) is 7.09. The quantitative estimate of drug-likeness (QED) is 0.860. The number of amides is 2. The molecule has 1 heterocycles. The summed E-state index contributed by atoms with van der Waals surface area (Å²) in [5.74, 6) is -0.771. The largest absolute Gasteiger partial charge is 0.496 e. The third-order valence-electron chi connectivity index (χ3n) is 3.36. The van der Waals surface area contributed by atoms with Gasteiger partial charge in [0.15, 0.2) is 0 Å². The number of hydrogen-bond acceptors (Lipinski definition) is 4. The smallest absolute Gasteiger partial charge is 0.270 e. The summed E-state index contributed by atoms with van der Waals surface area (Å²) < 4.78 is 18.3. The molecule has 0 aliphatic heterocycles. The lowest BCUT2D eigenvalue weighted by Crippen LogP contribution is -2.40. The Labute approximate surface area is 151 Å². The third-order valence-corrected chi connectivity index (χ3v) is 3.36. The lowest BCUT2D eigenvalue weighted by Gasteiger charge is -2.20. The predicted molar refractivity (Wildman–Crippen MR) is 96.7 cm³/mol. The number of aromatic nitrogens is 1. The molecule has 138 valence electrons. The summed E-state index contributed by atoms with van der Waals surface area (Å²) in [5.41, 5.74) is 0.824. The van der Waals surface area contributed by atoms with Crippen LogP contribution in [0.5, 0.6) is 5.75 Å². The fourth-order valence-electron chi connectivity index (χ4n) is 2.28. The maximum absolute atomic E-state index is 13.2. The van der Waals surface area contributed by atoms with E-state index < -0.39 is 11.4 Å². The minimum absolute atomic E-state index is 0.00922. The zero-order valence-corrected chi connectivity index (χ0v) is 15.2. The average molecular weight is 359 g/mol. The Hall–Kier alpha value is -2.96. The molecule has 6 nitrogen and oxygen atoms in total. The van der Waals surface area contributed by atoms with E-state index in [9.17, 15) is 14.0 Å². The van der Waals surface area contributed by atoms with Gasteiger partial charge in [0.25, 0.3) is 5.91 Å². The lowest BCUT2D eigenvalue weighted by molar-refractivity contribution is -0.115. The Balaban J connectivity index is 2.08. The van der Waals surface area contributed by atoms with Gasteiger partial charge in [-0.15, -0.1) is 0 Å². The van der Waals surface area contributed by atoms with Gasteiger partial charge in [0, 0.05) is 29.1 Å². The average Bonchev–Trinajstić information content (AvgIpc) is 2.55. The van der Waals surface area contributed by atoms with Crippen molar-refractivity contribution in [2.75, 3.05) is 12.4 Å². The number of rotatable bonds is 5. The number of carbonyl (C=O) groups is 2. The molecule has 0 saturated carbocycles. The van der Waals surface area contributed by atoms with Crippen LogP contribution in [0.1, 0.15) is 36.8 Å². The predicted octanol–water partition coefficient (Wildman–Crippen LogP) is 2.94. The molecule has 0 unspecified atom stereocenters. The molecule has 2 rings (SSSR count). The van der Waals surface area contributed by atoms with Crippen LogP contribution in [0.25, 0.3) is 0 Å². The molecule has 0 aliphatic rings. The molecular formula is C19H22FN3O3. The number of hydrogen-bond donors (Lipinski definition) is 2. The van der Waals surface area contributed by atoms with Crippen LogP contribution in [0.2, 0.25) is 0 Å². The fourth-order valence-corrected chi connectivity index (χ4v) is 2.28. The van der Waals surface area contributed by atoms with E-state index in [4.69, 9.17) is 4.74 Å². The van der Waals surface area contributed by atoms with Crippen molar-refractivity contribution in [3.05, 3.63) is 53.6 Å². The van der Waals surface area contributed by atoms with Gasteiger partial charge < -0.3 is 15.4 Å². The van der Waals surface area contributed by atoms with Gasteiger partial charge in [-0.3, -0.25) is 14.6 Å². The fraction of sp³-hybridized carbons (Fsp3) is 0.316. The molecule has 26 heavy (non-hydrogen) atoms. The van der Waals surface area contributed by atoms with Gasteiger partial charge in [-0.05, 0) is 39.0 Å². The van der Waals surface area contributed by atoms with Crippen molar-refractivity contribution < 1.29 is 18.7 Å². The molecule has 0 saturated heterocycles. The Morgan fingerprint density at radius 2 is 1.92 bits per heavy atom. The highest BCUT2D eigenvalue weighted by molar-refractivity contribution is 5.96. The standard InChI is InChI=1S/C19H22FN3O3/c1-19(2,3)23-18(25)15-11-14(7-8-21-15)22-17(24)9-12-5-6-13(20)10-16(12)26-4/h5-8,10-11H,9H2,1-4H3,(H,23,25)(H,21,22,24). The molecule has 7 heteroatoms. The molecule has 0 aliphatic carbocycles. The van der Waals surface area contributed by atoms with Crippen molar-refractivity contribution in [2.45, 2.75) is 32.7 Å². The maximum atomic E-state index is 13.2. The van der Waals surface area contributed by atoms with Crippen molar-refractivity contribution >= 4 is 17.5 Å². The van der Waals surface area contributed by atoms with Gasteiger partial charge in [-0.25, -0.2) is 4.39 Å². The van der Waals surface area contributed by atoms with E-state index >= 15 is 0 Å². The van der Waals surface area contributed by atoms with E-state index in [2.05, 4.69) is 15.6 Å². The number of pyridine rings is 1. The number of benzene rings is 1. The molecule has 1 aromatic heterocycles. The molecule has 0 spiro atoms. The number of anilines is 1. The molecule has 0 bridgehead atoms. The Morgan fingerprint density at radius 3 is 2.58 bits per heavy atom. The van der Waals surface area contributed by atoms with E-state index in [-0.39, 0.29) is 23.9 Å². The molecule has 2 aromatic rings. The van der Waals surface area contributed by atoms with Crippen LogP contribution in [0.4, 0.5) is 10.1 Å². The number of nitrogens with zero attached hydrogens (tertiary/aromatic N) is 1. The van der Waals surface area contributed by atoms with E-state index in [0.29, 0.717) is 17.0 Å². The highest BCUT2D eigenvalue weighted by Gasteiger charge is 2.17. The summed E-state index contributed by atoms with van der Waals surface area (Å²) in [7, 11) is 1.42. The first kappa shape index (κ1) is 19.4. The molecule has 0 atom stereocenters. The number of halogens is 1. The van der Waals surface area contributed by atoms with Gasteiger partial charge in [-0.1, -0.05) is 6.07 Å². The van der Waals surface area contributed by atoms with Crippen molar-refractivity contribution in [2.24, 2.45) is 0 Å². The van der Waals surface area contributed by atoms with Crippen molar-refractivity contribution in [1.29, 1.82) is 0 Å². The molecule has 0 radical (unpaired) electrons. The molecular weight excluding hydrogens is 337 g/mol. The summed E-state index contributed by atoms with van der Waals surface area (Å²) in [5, 5.41) is 5.52. The molecule has 2 N–H and O–H groups in total. The zero-order valence-electron chi connectivity index (χ0n) is 15.2. The summed E-state index contributed by atoms with van der Waals surface area (Å²) >= 11 is 0. The van der Waals surface area contributed by atoms with Crippen LogP contribution in [-0.4, -0.2) is 29.4 Å². The van der Waals surface area contributed by atoms with Crippen LogP contribution in [-0.2, 0) is 11.2 Å². The SMILES string of the molecule is COc1cc(F)ccc1CC(=O)Nc1ccnc(C(=O)NC(C)(C)C)c1. The first-order chi connectivity index (χ1) is 12.2. The Morgan fingerprint density at radius 1 is 1.19 bits per heavy atom. The highest BCUT2D eigenvalue weighted by Crippen LogP contribution is 2.20. The van der Waals surface area contributed by atoms with Gasteiger partial charge in [-0.2, -0.15) is 0 Å². The molecule has 1 aromatic carbocycles. The van der Waals surface area contributed by atoms with E-state index in [1.807, 2.05) is 20.8 Å². The van der Waals surface area contributed by atoms with Crippen LogP contribution in [0.3, 0.4) is 0 Å². The Kier molecular flexibility index (Phi) is 5.92. The van der Waals surface area contributed by atoms with E-state index in [0.717, 1.165) is 0 Å². The first-order valence-corrected chi connectivity index (χ1v) is 8.09. The number of carbonyl (C=O) groups excluding carboxylic acids is 2. The number of ether oxygens (including phenoxy) is 1. The maximum Gasteiger partial charge on any atom is 0.270 e. The molecule has 2 amide bonds. The lowest BCUT2D eigenvalue weighted by atomic mass is 10.1. The minimum Gasteiger partial charge on any atom is -0.496 e. The molecule has 0 fully saturated rings. The van der Waals surface area contributed by atoms with Crippen molar-refractivity contribution in [3.63, 3.8) is 0 Å². The van der Waals surface area contributed by atoms with Crippen LogP contribution >= 0.6 is 0 Å². The second-order valence-corrected chi connectivity index (χ2v) is 6.82. The van der Waals surface area contributed by atoms with E-state index in [1.165, 1.54) is 37.6 Å². The van der Waals surface area contributed by atoms with Gasteiger partial charge in [0.2, 0.25) is 5.91 Å². The van der Waals surface area contributed by atoms with Gasteiger partial charge in [0.1, 0.15) is 17.3 Å². The summed E-state index contributed by atoms with van der Waals surface area (Å²) in [4.78, 5) is 28.5. The van der Waals surface area contributed by atoms with Crippen molar-refractivity contribution in [3.8, 4) is 5.75 Å². The van der Waals surface area contributed by atoms with Gasteiger partial charge in [0.05, 0.1) is 13.5 Å². The number of nitrogens with one attached hydrogen (secondary N) is 2. The number of methoxy groups -OCH3 is 1. The topological polar surface area (TPSA) is 80.3 Å². The monoisotopic (exact) mass is 359 g/mol. The van der Waals surface area contributed by atoms with Crippen LogP contribution in [0.15, 0.2) is 36.5 Å². The van der Waals surface area contributed by atoms with Crippen molar-refractivity contribution in [1.82, 2.24) is 10.3 Å². The highest BCUT2D eigenvalue weighted by atomic mass is 19.1. The van der Waals surface area contributed by atoms with Gasteiger partial charge >= 0.3 is 0 Å². The first-order valence-electron chi connectivity index (χ1n) is 8.09. The second kappa shape index (κ2) is 7.95. The third kappa shape index (κ3) is 5.54. The Bertz CT molecular complexity index is 816. The summed E-state index contributed by atoms with van der Waals surface area (Å²) in [6.45, 7) is 5.60. The summed E-state index contributed by atoms with van der Waals surface area (Å²) in [6.07, 6.45) is 1.46. The zero-order chi connectivity index (χ0) is 19.3. The van der Waals surface area contributed by atoms with Crippen LogP contribution < -0.4 is 15.4 Å². The second-order valence-electron chi connectivity index (χ2n) is 6.82. The van der Waals surface area contributed by atoms with Crippen LogP contribution in [0, 0.1) is 5.82 Å². The van der Waals surface area contributed by atoms with E-state index in [1.54, 1.807) is 6.07 Å².